The summed E-state index contributed by atoms with van der Waals surface area (Å²) in [7, 11) is 1.92. The molecule has 0 atom stereocenters. The minimum absolute atomic E-state index is 0.779. The third-order valence-corrected chi connectivity index (χ3v) is 3.73. The van der Waals surface area contributed by atoms with Crippen LogP contribution >= 0.6 is 11.8 Å². The minimum Gasteiger partial charge on any atom is -0.286 e. The van der Waals surface area contributed by atoms with E-state index in [1.165, 1.54) is 30.7 Å². The molecule has 2 heteroatoms. The van der Waals surface area contributed by atoms with Crippen molar-refractivity contribution in [3.8, 4) is 0 Å². The Morgan fingerprint density at radius 1 is 1.25 bits per heavy atom. The van der Waals surface area contributed by atoms with Gasteiger partial charge in [-0.1, -0.05) is 19.8 Å². The van der Waals surface area contributed by atoms with E-state index in [1.54, 1.807) is 0 Å². The maximum atomic E-state index is 4.33. The summed E-state index contributed by atoms with van der Waals surface area (Å²) in [6, 6.07) is 0. The average Bonchev–Trinajstić information content (AvgIpc) is 2.10. The lowest BCUT2D eigenvalue weighted by atomic mass is 9.83. The van der Waals surface area contributed by atoms with Crippen LogP contribution in [0.3, 0.4) is 0 Å². The number of hydrogen-bond acceptors (Lipinski definition) is 2. The molecule has 0 spiro atoms. The van der Waals surface area contributed by atoms with E-state index in [2.05, 4.69) is 18.2 Å². The highest BCUT2D eigenvalue weighted by Gasteiger charge is 2.21. The zero-order valence-electron chi connectivity index (χ0n) is 8.34. The van der Waals surface area contributed by atoms with Crippen LogP contribution in [0.25, 0.3) is 0 Å². The van der Waals surface area contributed by atoms with Crippen LogP contribution in [0, 0.1) is 11.8 Å². The number of hydrogen-bond donors (Lipinski definition) is 0. The highest BCUT2D eigenvalue weighted by Crippen LogP contribution is 2.31. The zero-order chi connectivity index (χ0) is 8.97. The quantitative estimate of drug-likeness (QED) is 0.451. The molecule has 0 aromatic heterocycles. The van der Waals surface area contributed by atoms with Gasteiger partial charge >= 0.3 is 0 Å². The van der Waals surface area contributed by atoms with Crippen molar-refractivity contribution < 1.29 is 0 Å². The van der Waals surface area contributed by atoms with Gasteiger partial charge in [-0.3, -0.25) is 4.99 Å². The molecule has 0 radical (unpaired) electrons. The SMILES string of the molecule is CN=C(SC)C1CCC(C)CC1. The van der Waals surface area contributed by atoms with Crippen LogP contribution in [0.4, 0.5) is 0 Å². The molecule has 0 aromatic rings. The van der Waals surface area contributed by atoms with E-state index in [0.717, 1.165) is 11.8 Å². The van der Waals surface area contributed by atoms with Crippen molar-refractivity contribution >= 4 is 16.8 Å². The fourth-order valence-electron chi connectivity index (χ4n) is 1.95. The third kappa shape index (κ3) is 2.51. The lowest BCUT2D eigenvalue weighted by Gasteiger charge is -2.26. The molecule has 1 rings (SSSR count). The second-order valence-electron chi connectivity index (χ2n) is 3.72. The molecule has 0 aliphatic heterocycles. The largest absolute Gasteiger partial charge is 0.286 e. The van der Waals surface area contributed by atoms with Gasteiger partial charge in [-0.25, -0.2) is 0 Å². The van der Waals surface area contributed by atoms with Crippen LogP contribution < -0.4 is 0 Å². The van der Waals surface area contributed by atoms with Crippen LogP contribution in [0.2, 0.25) is 0 Å². The van der Waals surface area contributed by atoms with Crippen LogP contribution in [0.15, 0.2) is 4.99 Å². The van der Waals surface area contributed by atoms with Gasteiger partial charge in [0.25, 0.3) is 0 Å². The first kappa shape index (κ1) is 10.1. The summed E-state index contributed by atoms with van der Waals surface area (Å²) in [6.45, 7) is 2.36. The topological polar surface area (TPSA) is 12.4 Å². The van der Waals surface area contributed by atoms with Gasteiger partial charge in [0, 0.05) is 13.0 Å². The van der Waals surface area contributed by atoms with Gasteiger partial charge in [0.05, 0.1) is 5.04 Å². The molecule has 1 fully saturated rings. The Hall–Kier alpha value is 0.0200. The van der Waals surface area contributed by atoms with E-state index in [-0.39, 0.29) is 0 Å². The summed E-state index contributed by atoms with van der Waals surface area (Å²) in [6.07, 6.45) is 7.64. The Morgan fingerprint density at radius 2 is 1.83 bits per heavy atom. The predicted octanol–water partition coefficient (Wildman–Crippen LogP) is 3.20. The fraction of sp³-hybridized carbons (Fsp3) is 0.900. The van der Waals surface area contributed by atoms with Crippen LogP contribution in [0.1, 0.15) is 32.6 Å². The normalized spacial score (nSPS) is 32.1. The molecular weight excluding hydrogens is 166 g/mol. The lowest BCUT2D eigenvalue weighted by molar-refractivity contribution is 0.346. The minimum atomic E-state index is 0.779. The van der Waals surface area contributed by atoms with E-state index in [9.17, 15) is 0 Å². The van der Waals surface area contributed by atoms with Gasteiger partial charge in [-0.2, -0.15) is 0 Å². The molecule has 1 nitrogen and oxygen atoms in total. The van der Waals surface area contributed by atoms with Crippen molar-refractivity contribution in [2.45, 2.75) is 32.6 Å². The standard InChI is InChI=1S/C10H19NS/c1-8-4-6-9(7-5-8)10(11-2)12-3/h8-9H,4-7H2,1-3H3. The van der Waals surface area contributed by atoms with Crippen LogP contribution in [-0.2, 0) is 0 Å². The highest BCUT2D eigenvalue weighted by molar-refractivity contribution is 8.13. The van der Waals surface area contributed by atoms with Crippen molar-refractivity contribution in [1.29, 1.82) is 0 Å². The van der Waals surface area contributed by atoms with Crippen molar-refractivity contribution in [1.82, 2.24) is 0 Å². The Bertz CT molecular complexity index is 157. The highest BCUT2D eigenvalue weighted by atomic mass is 32.2. The average molecular weight is 185 g/mol. The van der Waals surface area contributed by atoms with E-state index in [0.29, 0.717) is 0 Å². The number of aliphatic imine (C=N–C) groups is 1. The van der Waals surface area contributed by atoms with E-state index >= 15 is 0 Å². The molecule has 0 aromatic carbocycles. The number of thioether (sulfide) groups is 1. The van der Waals surface area contributed by atoms with Crippen molar-refractivity contribution in [2.24, 2.45) is 16.8 Å². The van der Waals surface area contributed by atoms with Gasteiger partial charge in [0.1, 0.15) is 0 Å². The van der Waals surface area contributed by atoms with Gasteiger partial charge in [-0.15, -0.1) is 11.8 Å². The van der Waals surface area contributed by atoms with Gasteiger partial charge < -0.3 is 0 Å². The maximum Gasteiger partial charge on any atom is 0.0700 e. The molecule has 0 unspecified atom stereocenters. The van der Waals surface area contributed by atoms with E-state index in [1.807, 2.05) is 18.8 Å². The van der Waals surface area contributed by atoms with E-state index in [4.69, 9.17) is 0 Å². The van der Waals surface area contributed by atoms with Crippen LogP contribution in [0.5, 0.6) is 0 Å². The Labute approximate surface area is 80.0 Å². The molecule has 12 heavy (non-hydrogen) atoms. The first-order chi connectivity index (χ1) is 5.77. The molecule has 0 bridgehead atoms. The van der Waals surface area contributed by atoms with Gasteiger partial charge in [0.15, 0.2) is 0 Å². The summed E-state index contributed by atoms with van der Waals surface area (Å²) >= 11 is 1.83. The Morgan fingerprint density at radius 3 is 2.25 bits per heavy atom. The van der Waals surface area contributed by atoms with Crippen LogP contribution in [-0.4, -0.2) is 18.3 Å². The van der Waals surface area contributed by atoms with E-state index < -0.39 is 0 Å². The summed E-state index contributed by atoms with van der Waals surface area (Å²) in [4.78, 5) is 4.33. The molecule has 1 aliphatic carbocycles. The molecule has 0 heterocycles. The molecule has 0 amide bonds. The smallest absolute Gasteiger partial charge is 0.0700 e. The first-order valence-corrected chi connectivity index (χ1v) is 6.01. The van der Waals surface area contributed by atoms with Crippen molar-refractivity contribution in [3.05, 3.63) is 0 Å². The molecule has 1 aliphatic rings. The molecule has 0 N–H and O–H groups in total. The summed E-state index contributed by atoms with van der Waals surface area (Å²) < 4.78 is 0. The molecular formula is C10H19NS. The van der Waals surface area contributed by atoms with Gasteiger partial charge in [0.2, 0.25) is 0 Å². The monoisotopic (exact) mass is 185 g/mol. The zero-order valence-corrected chi connectivity index (χ0v) is 9.16. The van der Waals surface area contributed by atoms with Crippen molar-refractivity contribution in [3.63, 3.8) is 0 Å². The molecule has 1 saturated carbocycles. The van der Waals surface area contributed by atoms with Crippen molar-refractivity contribution in [2.75, 3.05) is 13.3 Å². The number of nitrogens with zero attached hydrogens (tertiary/aromatic N) is 1. The van der Waals surface area contributed by atoms with Gasteiger partial charge in [-0.05, 0) is 25.0 Å². The summed E-state index contributed by atoms with van der Waals surface area (Å²) in [5.74, 6) is 1.72. The molecule has 0 saturated heterocycles. The first-order valence-electron chi connectivity index (χ1n) is 4.78. The Balaban J connectivity index is 2.43. The lowest BCUT2D eigenvalue weighted by Crippen LogP contribution is -2.18. The molecule has 70 valence electrons. The number of rotatable bonds is 1. The second-order valence-corrected chi connectivity index (χ2v) is 4.55. The second kappa shape index (κ2) is 4.90. The third-order valence-electron chi connectivity index (χ3n) is 2.79. The summed E-state index contributed by atoms with van der Waals surface area (Å²) in [5, 5.41) is 1.36. The maximum absolute atomic E-state index is 4.33. The predicted molar refractivity (Wildman–Crippen MR) is 58.0 cm³/mol. The fourth-order valence-corrected chi connectivity index (χ4v) is 2.70. The summed E-state index contributed by atoms with van der Waals surface area (Å²) in [5.41, 5.74) is 0. The Kier molecular flexibility index (Phi) is 4.13.